The largest absolute Gasteiger partial charge is 0.483 e. The van der Waals surface area contributed by atoms with E-state index in [2.05, 4.69) is 46.4 Å². The van der Waals surface area contributed by atoms with E-state index in [4.69, 9.17) is 24.5 Å². The van der Waals surface area contributed by atoms with E-state index in [9.17, 15) is 4.79 Å². The Kier molecular flexibility index (Phi) is 13.1. The summed E-state index contributed by atoms with van der Waals surface area (Å²) in [6.45, 7) is 5.41. The first-order valence-corrected chi connectivity index (χ1v) is 10.7. The Hall–Kier alpha value is -3.24. The standard InChI is InChI=1S/C21H30N4O2.2CH2O2/c1-3-18-4-6-19(7-5-18)16-24-12-8-21(9-13-24,25-14-10-22-17-25)20(26)23-11-15-27-2;2*2-1-3/h4-7,10,14,17H,3,8-9,11-13,15-16H2,1-2H3,(H,23,26);2*1H,(H,2,3). The first-order valence-electron chi connectivity index (χ1n) is 10.7. The number of benzene rings is 1. The smallest absolute Gasteiger partial charge is 0.290 e. The summed E-state index contributed by atoms with van der Waals surface area (Å²) >= 11 is 0. The predicted octanol–water partition coefficient (Wildman–Crippen LogP) is 1.60. The molecule has 2 aromatic rings. The maximum Gasteiger partial charge on any atom is 0.290 e. The van der Waals surface area contributed by atoms with Crippen molar-refractivity contribution in [3.63, 3.8) is 0 Å². The highest BCUT2D eigenvalue weighted by molar-refractivity contribution is 5.84. The van der Waals surface area contributed by atoms with Gasteiger partial charge in [0.25, 0.3) is 12.9 Å². The van der Waals surface area contributed by atoms with Crippen LogP contribution in [0.2, 0.25) is 0 Å². The monoisotopic (exact) mass is 462 g/mol. The quantitative estimate of drug-likeness (QED) is 0.398. The van der Waals surface area contributed by atoms with Crippen LogP contribution in [0, 0.1) is 0 Å². The van der Waals surface area contributed by atoms with E-state index in [0.29, 0.717) is 13.2 Å². The van der Waals surface area contributed by atoms with Gasteiger partial charge in [-0.2, -0.15) is 0 Å². The third-order valence-electron chi connectivity index (χ3n) is 5.53. The fourth-order valence-electron chi connectivity index (χ4n) is 3.77. The van der Waals surface area contributed by atoms with Gasteiger partial charge in [-0.15, -0.1) is 0 Å². The van der Waals surface area contributed by atoms with E-state index in [1.54, 1.807) is 19.6 Å². The van der Waals surface area contributed by atoms with Crippen LogP contribution in [0.15, 0.2) is 43.0 Å². The van der Waals surface area contributed by atoms with Crippen LogP contribution >= 0.6 is 0 Å². The number of hydrogen-bond acceptors (Lipinski definition) is 6. The second-order valence-corrected chi connectivity index (χ2v) is 7.41. The van der Waals surface area contributed by atoms with E-state index in [0.717, 1.165) is 38.9 Å². The van der Waals surface area contributed by atoms with Gasteiger partial charge in [-0.3, -0.25) is 19.3 Å². The molecule has 0 aliphatic carbocycles. The average Bonchev–Trinajstić information content (AvgIpc) is 3.37. The minimum atomic E-state index is -0.563. The molecule has 10 heteroatoms. The molecule has 3 N–H and O–H groups in total. The number of ether oxygens (including phenoxy) is 1. The molecule has 0 spiro atoms. The normalized spacial score (nSPS) is 14.6. The molecule has 1 aromatic heterocycles. The van der Waals surface area contributed by atoms with Crippen molar-refractivity contribution in [3.8, 4) is 0 Å². The SMILES string of the molecule is CCc1ccc(CN2CCC(C(=O)NCCOC)(n3ccnc3)CC2)cc1.O=CO.O=CO. The van der Waals surface area contributed by atoms with Gasteiger partial charge in [-0.05, 0) is 30.4 Å². The van der Waals surface area contributed by atoms with Gasteiger partial charge in [0.2, 0.25) is 5.91 Å². The van der Waals surface area contributed by atoms with E-state index < -0.39 is 5.54 Å². The highest BCUT2D eigenvalue weighted by Crippen LogP contribution is 2.31. The Morgan fingerprint density at radius 2 is 1.73 bits per heavy atom. The molecule has 1 aromatic carbocycles. The van der Waals surface area contributed by atoms with Crippen molar-refractivity contribution in [1.82, 2.24) is 19.8 Å². The van der Waals surface area contributed by atoms with Crippen LogP contribution < -0.4 is 5.32 Å². The molecule has 10 nitrogen and oxygen atoms in total. The van der Waals surface area contributed by atoms with Crippen LogP contribution in [0.1, 0.15) is 30.9 Å². The highest BCUT2D eigenvalue weighted by Gasteiger charge is 2.42. The molecule has 0 unspecified atom stereocenters. The third-order valence-corrected chi connectivity index (χ3v) is 5.53. The van der Waals surface area contributed by atoms with Crippen molar-refractivity contribution in [2.45, 2.75) is 38.3 Å². The van der Waals surface area contributed by atoms with Crippen LogP contribution in [-0.4, -0.2) is 76.9 Å². The Morgan fingerprint density at radius 1 is 1.15 bits per heavy atom. The molecule has 0 saturated carbocycles. The molecule has 0 bridgehead atoms. The fraction of sp³-hybridized carbons (Fsp3) is 0.478. The average molecular weight is 463 g/mol. The minimum absolute atomic E-state index is 0.0597. The summed E-state index contributed by atoms with van der Waals surface area (Å²) in [6.07, 6.45) is 8.01. The molecule has 2 heterocycles. The Balaban J connectivity index is 0.000000819. The van der Waals surface area contributed by atoms with E-state index in [1.807, 2.05) is 10.8 Å². The molecule has 1 fully saturated rings. The fourth-order valence-corrected chi connectivity index (χ4v) is 3.77. The number of carboxylic acid groups (broad SMARTS) is 2. The van der Waals surface area contributed by atoms with E-state index in [-0.39, 0.29) is 18.9 Å². The summed E-state index contributed by atoms with van der Waals surface area (Å²) < 4.78 is 7.04. The first-order chi connectivity index (χ1) is 16.0. The number of likely N-dealkylation sites (tertiary alicyclic amines) is 1. The zero-order chi connectivity index (χ0) is 24.5. The molecule has 1 aliphatic rings. The zero-order valence-electron chi connectivity index (χ0n) is 19.2. The highest BCUT2D eigenvalue weighted by atomic mass is 16.5. The summed E-state index contributed by atoms with van der Waals surface area (Å²) in [5.41, 5.74) is 2.13. The Labute approximate surface area is 194 Å². The molecule has 1 saturated heterocycles. The number of carbonyl (C=O) groups is 3. The van der Waals surface area contributed by atoms with Crippen LogP contribution in [0.4, 0.5) is 0 Å². The lowest BCUT2D eigenvalue weighted by Gasteiger charge is -2.41. The molecule has 182 valence electrons. The van der Waals surface area contributed by atoms with Gasteiger partial charge in [0.15, 0.2) is 0 Å². The van der Waals surface area contributed by atoms with Crippen LogP contribution in [-0.2, 0) is 37.6 Å². The topological polar surface area (TPSA) is 134 Å². The van der Waals surface area contributed by atoms with E-state index >= 15 is 0 Å². The molecule has 0 atom stereocenters. The summed E-state index contributed by atoms with van der Waals surface area (Å²) in [5, 5.41) is 16.8. The lowest BCUT2D eigenvalue weighted by Crippen LogP contribution is -2.55. The van der Waals surface area contributed by atoms with Crippen molar-refractivity contribution in [2.24, 2.45) is 0 Å². The van der Waals surface area contributed by atoms with Crippen LogP contribution in [0.3, 0.4) is 0 Å². The van der Waals surface area contributed by atoms with E-state index in [1.165, 1.54) is 11.1 Å². The Bertz CT molecular complexity index is 797. The summed E-state index contributed by atoms with van der Waals surface area (Å²) in [7, 11) is 1.64. The summed E-state index contributed by atoms with van der Waals surface area (Å²) in [5.74, 6) is 0.0597. The number of aryl methyl sites for hydroxylation is 1. The van der Waals surface area contributed by atoms with Gasteiger partial charge in [0.1, 0.15) is 5.54 Å². The lowest BCUT2D eigenvalue weighted by molar-refractivity contribution is -0.133. The number of methoxy groups -OCH3 is 1. The van der Waals surface area contributed by atoms with Crippen molar-refractivity contribution in [1.29, 1.82) is 0 Å². The molecule has 0 radical (unpaired) electrons. The number of piperidine rings is 1. The predicted molar refractivity (Wildman–Crippen MR) is 123 cm³/mol. The third kappa shape index (κ3) is 8.66. The Morgan fingerprint density at radius 3 is 2.21 bits per heavy atom. The van der Waals surface area contributed by atoms with Gasteiger partial charge >= 0.3 is 0 Å². The van der Waals surface area contributed by atoms with Crippen LogP contribution in [0.25, 0.3) is 0 Å². The van der Waals surface area contributed by atoms with Crippen molar-refractivity contribution < 1.29 is 29.3 Å². The maximum atomic E-state index is 13.0. The number of rotatable bonds is 8. The number of carbonyl (C=O) groups excluding carboxylic acids is 1. The minimum Gasteiger partial charge on any atom is -0.483 e. The number of imidazole rings is 1. The number of nitrogens with zero attached hydrogens (tertiary/aromatic N) is 3. The van der Waals surface area contributed by atoms with Gasteiger partial charge in [0.05, 0.1) is 12.9 Å². The second-order valence-electron chi connectivity index (χ2n) is 7.41. The van der Waals surface area contributed by atoms with Gasteiger partial charge in [-0.1, -0.05) is 31.2 Å². The summed E-state index contributed by atoms with van der Waals surface area (Å²) in [4.78, 5) is 36.3. The van der Waals surface area contributed by atoms with Gasteiger partial charge < -0.3 is 24.8 Å². The van der Waals surface area contributed by atoms with Crippen LogP contribution in [0.5, 0.6) is 0 Å². The second kappa shape index (κ2) is 15.5. The van der Waals surface area contributed by atoms with Crippen molar-refractivity contribution >= 4 is 18.9 Å². The maximum absolute atomic E-state index is 13.0. The zero-order valence-corrected chi connectivity index (χ0v) is 19.2. The molecular weight excluding hydrogens is 428 g/mol. The van der Waals surface area contributed by atoms with Gasteiger partial charge in [-0.25, -0.2) is 4.98 Å². The number of nitrogens with one attached hydrogen (secondary N) is 1. The molecular formula is C23H34N4O6. The molecule has 3 rings (SSSR count). The summed E-state index contributed by atoms with van der Waals surface area (Å²) in [6, 6.07) is 8.85. The number of amides is 1. The molecule has 33 heavy (non-hydrogen) atoms. The molecule has 1 aliphatic heterocycles. The lowest BCUT2D eigenvalue weighted by atomic mass is 9.85. The van der Waals surface area contributed by atoms with Crippen molar-refractivity contribution in [2.75, 3.05) is 33.4 Å². The van der Waals surface area contributed by atoms with Gasteiger partial charge in [0, 0.05) is 45.7 Å². The number of hydrogen-bond donors (Lipinski definition) is 3. The molecule has 1 amide bonds. The van der Waals surface area contributed by atoms with Crippen molar-refractivity contribution in [3.05, 3.63) is 54.1 Å². The number of aromatic nitrogens is 2. The first kappa shape index (κ1) is 27.8.